The lowest BCUT2D eigenvalue weighted by Gasteiger charge is -2.18. The minimum Gasteiger partial charge on any atom is -0.345 e. The number of thiophene rings is 1. The summed E-state index contributed by atoms with van der Waals surface area (Å²) < 4.78 is 0. The van der Waals surface area contributed by atoms with Gasteiger partial charge in [-0.3, -0.25) is 4.79 Å². The van der Waals surface area contributed by atoms with Gasteiger partial charge in [0, 0.05) is 30.9 Å². The average molecular weight is 302 g/mol. The van der Waals surface area contributed by atoms with Gasteiger partial charge < -0.3 is 10.6 Å². The number of hydrogen-bond donors (Lipinski definition) is 1. The first-order chi connectivity index (χ1) is 10.2. The van der Waals surface area contributed by atoms with Crippen molar-refractivity contribution in [3.63, 3.8) is 0 Å². The number of hydrogen-bond acceptors (Lipinski definition) is 3. The summed E-state index contributed by atoms with van der Waals surface area (Å²) in [4.78, 5) is 15.2. The fourth-order valence-corrected chi connectivity index (χ4v) is 2.89. The van der Waals surface area contributed by atoms with Gasteiger partial charge in [-0.05, 0) is 29.9 Å². The van der Waals surface area contributed by atoms with Gasteiger partial charge in [-0.1, -0.05) is 36.4 Å². The Balaban J connectivity index is 1.73. The highest BCUT2D eigenvalue weighted by Crippen LogP contribution is 2.16. The molecule has 0 radical (unpaired) electrons. The zero-order valence-electron chi connectivity index (χ0n) is 12.4. The Morgan fingerprint density at radius 3 is 2.67 bits per heavy atom. The summed E-state index contributed by atoms with van der Waals surface area (Å²) in [7, 11) is 1.87. The molecule has 0 saturated carbocycles. The highest BCUT2D eigenvalue weighted by atomic mass is 32.1. The van der Waals surface area contributed by atoms with Crippen LogP contribution in [0.3, 0.4) is 0 Å². The quantitative estimate of drug-likeness (QED) is 0.853. The minimum absolute atomic E-state index is 0.0687. The Bertz CT molecular complexity index is 539. The first-order valence-corrected chi connectivity index (χ1v) is 8.11. The number of nitrogens with two attached hydrogens (primary N) is 1. The van der Waals surface area contributed by atoms with Gasteiger partial charge in [-0.2, -0.15) is 0 Å². The minimum atomic E-state index is -0.0687. The van der Waals surface area contributed by atoms with E-state index in [1.54, 1.807) is 16.2 Å². The van der Waals surface area contributed by atoms with Crippen molar-refractivity contribution < 1.29 is 4.79 Å². The van der Waals surface area contributed by atoms with E-state index >= 15 is 0 Å². The second kappa shape index (κ2) is 7.96. The summed E-state index contributed by atoms with van der Waals surface area (Å²) >= 11 is 1.73. The first kappa shape index (κ1) is 15.7. The van der Waals surface area contributed by atoms with E-state index < -0.39 is 0 Å². The van der Waals surface area contributed by atoms with Crippen LogP contribution in [0.4, 0.5) is 0 Å². The summed E-state index contributed by atoms with van der Waals surface area (Å²) in [6, 6.07) is 14.0. The number of likely N-dealkylation sites (N-methyl/N-ethyl adjacent to an activating group) is 1. The molecule has 0 aliphatic rings. The second-order valence-corrected chi connectivity index (χ2v) is 6.23. The van der Waals surface area contributed by atoms with Gasteiger partial charge in [-0.15, -0.1) is 11.3 Å². The summed E-state index contributed by atoms with van der Waals surface area (Å²) in [5.74, 6) is 0.165. The van der Waals surface area contributed by atoms with E-state index in [1.165, 1.54) is 4.88 Å². The third-order valence-electron chi connectivity index (χ3n) is 3.60. The van der Waals surface area contributed by atoms with E-state index in [0.717, 1.165) is 18.5 Å². The Morgan fingerprint density at radius 1 is 1.24 bits per heavy atom. The first-order valence-electron chi connectivity index (χ1n) is 7.23. The second-order valence-electron chi connectivity index (χ2n) is 5.20. The lowest BCUT2D eigenvalue weighted by molar-refractivity contribution is -0.130. The van der Waals surface area contributed by atoms with Crippen LogP contribution >= 0.6 is 11.3 Å². The summed E-state index contributed by atoms with van der Waals surface area (Å²) in [6.07, 6.45) is 2.10. The largest absolute Gasteiger partial charge is 0.345 e. The molecule has 1 amide bonds. The predicted octanol–water partition coefficient (Wildman–Crippen LogP) is 3.23. The highest BCUT2D eigenvalue weighted by molar-refractivity contribution is 7.09. The molecular weight excluding hydrogens is 280 g/mol. The molecule has 4 heteroatoms. The van der Waals surface area contributed by atoms with Gasteiger partial charge in [0.2, 0.25) is 5.91 Å². The van der Waals surface area contributed by atoms with Crippen molar-refractivity contribution in [2.45, 2.75) is 25.3 Å². The molecule has 1 atom stereocenters. The van der Waals surface area contributed by atoms with Crippen LogP contribution < -0.4 is 5.73 Å². The van der Waals surface area contributed by atoms with E-state index in [2.05, 4.69) is 11.4 Å². The molecule has 1 aromatic carbocycles. The maximum atomic E-state index is 12.1. The van der Waals surface area contributed by atoms with Gasteiger partial charge in [0.25, 0.3) is 0 Å². The van der Waals surface area contributed by atoms with Gasteiger partial charge in [-0.25, -0.2) is 0 Å². The molecule has 2 aromatic rings. The predicted molar refractivity (Wildman–Crippen MR) is 88.3 cm³/mol. The molecule has 0 aliphatic carbocycles. The number of carbonyl (C=O) groups is 1. The molecule has 0 bridgehead atoms. The van der Waals surface area contributed by atoms with Gasteiger partial charge >= 0.3 is 0 Å². The molecule has 0 fully saturated rings. The highest BCUT2D eigenvalue weighted by Gasteiger charge is 2.12. The Hall–Kier alpha value is -1.65. The topological polar surface area (TPSA) is 46.3 Å². The lowest BCUT2D eigenvalue weighted by Crippen LogP contribution is -2.29. The number of amides is 1. The molecule has 1 unspecified atom stereocenters. The summed E-state index contributed by atoms with van der Waals surface area (Å²) in [5.41, 5.74) is 7.21. The molecule has 1 aromatic heterocycles. The van der Waals surface area contributed by atoms with E-state index in [9.17, 15) is 4.79 Å². The molecule has 0 saturated heterocycles. The van der Waals surface area contributed by atoms with Crippen molar-refractivity contribution in [1.29, 1.82) is 0 Å². The number of benzene rings is 1. The van der Waals surface area contributed by atoms with Crippen LogP contribution in [0.2, 0.25) is 0 Å². The van der Waals surface area contributed by atoms with Crippen LogP contribution in [0, 0.1) is 0 Å². The zero-order chi connectivity index (χ0) is 15.1. The molecule has 2 rings (SSSR count). The fourth-order valence-electron chi connectivity index (χ4n) is 2.19. The van der Waals surface area contributed by atoms with Crippen molar-refractivity contribution in [2.24, 2.45) is 5.73 Å². The van der Waals surface area contributed by atoms with Crippen molar-refractivity contribution in [3.8, 4) is 0 Å². The van der Waals surface area contributed by atoms with E-state index in [4.69, 9.17) is 5.73 Å². The number of rotatable bonds is 7. The molecule has 0 spiro atoms. The van der Waals surface area contributed by atoms with Crippen molar-refractivity contribution in [3.05, 3.63) is 58.3 Å². The van der Waals surface area contributed by atoms with E-state index in [-0.39, 0.29) is 11.9 Å². The molecule has 21 heavy (non-hydrogen) atoms. The van der Waals surface area contributed by atoms with Crippen molar-refractivity contribution in [1.82, 2.24) is 4.90 Å². The fraction of sp³-hybridized carbons (Fsp3) is 0.353. The lowest BCUT2D eigenvalue weighted by atomic mass is 10.0. The normalized spacial score (nSPS) is 12.1. The maximum absolute atomic E-state index is 12.1. The summed E-state index contributed by atoms with van der Waals surface area (Å²) in [6.45, 7) is 0.764. The number of nitrogens with zero attached hydrogens (tertiary/aromatic N) is 1. The number of carbonyl (C=O) groups excluding carboxylic acids is 1. The van der Waals surface area contributed by atoms with Crippen LogP contribution in [0.25, 0.3) is 0 Å². The Labute approximate surface area is 130 Å². The molecule has 3 nitrogen and oxygen atoms in total. The molecular formula is C17H22N2OS. The Kier molecular flexibility index (Phi) is 5.96. The molecule has 2 N–H and O–H groups in total. The van der Waals surface area contributed by atoms with Crippen molar-refractivity contribution >= 4 is 17.2 Å². The average Bonchev–Trinajstić information content (AvgIpc) is 3.04. The molecule has 112 valence electrons. The smallest absolute Gasteiger partial charge is 0.222 e. The summed E-state index contributed by atoms with van der Waals surface area (Å²) in [5, 5.41) is 2.07. The van der Waals surface area contributed by atoms with E-state index in [0.29, 0.717) is 12.8 Å². The third-order valence-corrected chi connectivity index (χ3v) is 4.53. The molecule has 1 heterocycles. The standard InChI is InChI=1S/C17H22N2OS/c1-19(12-11-15-8-5-13-21-15)17(20)10-9-16(18)14-6-3-2-4-7-14/h2-8,13,16H,9-12,18H2,1H3. The Morgan fingerprint density at radius 2 is 2.00 bits per heavy atom. The zero-order valence-corrected chi connectivity index (χ0v) is 13.2. The van der Waals surface area contributed by atoms with Crippen LogP contribution in [0.5, 0.6) is 0 Å². The van der Waals surface area contributed by atoms with Crippen LogP contribution in [0.15, 0.2) is 47.8 Å². The SMILES string of the molecule is CN(CCc1cccs1)C(=O)CCC(N)c1ccccc1. The van der Waals surface area contributed by atoms with Gasteiger partial charge in [0.1, 0.15) is 0 Å². The van der Waals surface area contributed by atoms with Crippen LogP contribution in [0.1, 0.15) is 29.3 Å². The van der Waals surface area contributed by atoms with Gasteiger partial charge in [0.05, 0.1) is 0 Å². The maximum Gasteiger partial charge on any atom is 0.222 e. The van der Waals surface area contributed by atoms with Crippen molar-refractivity contribution in [2.75, 3.05) is 13.6 Å². The van der Waals surface area contributed by atoms with E-state index in [1.807, 2.05) is 43.4 Å². The van der Waals surface area contributed by atoms with Gasteiger partial charge in [0.15, 0.2) is 0 Å². The molecule has 0 aliphatic heterocycles. The van der Waals surface area contributed by atoms with Crippen LogP contribution in [-0.4, -0.2) is 24.4 Å². The third kappa shape index (κ3) is 4.99. The monoisotopic (exact) mass is 302 g/mol. The van der Waals surface area contributed by atoms with Crippen LogP contribution in [-0.2, 0) is 11.2 Å².